The SMILES string of the molecule is Nc1cn(CCCCF)cn1. The molecule has 0 amide bonds. The van der Waals surface area contributed by atoms with Crippen molar-refractivity contribution in [1.82, 2.24) is 9.55 Å². The van der Waals surface area contributed by atoms with Gasteiger partial charge < -0.3 is 10.3 Å². The van der Waals surface area contributed by atoms with Gasteiger partial charge in [0.05, 0.1) is 13.0 Å². The summed E-state index contributed by atoms with van der Waals surface area (Å²) >= 11 is 0. The standard InChI is InChI=1S/C7H12FN3/c8-3-1-2-4-11-5-7(9)10-6-11/h5-6H,1-4,9H2. The summed E-state index contributed by atoms with van der Waals surface area (Å²) < 4.78 is 13.5. The molecular weight excluding hydrogens is 145 g/mol. The Bertz CT molecular complexity index is 209. The monoisotopic (exact) mass is 157 g/mol. The molecule has 0 atom stereocenters. The molecule has 0 spiro atoms. The van der Waals surface area contributed by atoms with Crippen molar-refractivity contribution in [2.24, 2.45) is 0 Å². The van der Waals surface area contributed by atoms with Crippen LogP contribution in [0.1, 0.15) is 12.8 Å². The van der Waals surface area contributed by atoms with Gasteiger partial charge in [0, 0.05) is 12.7 Å². The molecule has 0 aromatic carbocycles. The lowest BCUT2D eigenvalue weighted by Gasteiger charge is -1.97. The van der Waals surface area contributed by atoms with Gasteiger partial charge in [-0.05, 0) is 12.8 Å². The summed E-state index contributed by atoms with van der Waals surface area (Å²) in [5.41, 5.74) is 5.38. The van der Waals surface area contributed by atoms with Crippen LogP contribution in [0.25, 0.3) is 0 Å². The summed E-state index contributed by atoms with van der Waals surface area (Å²) in [6.07, 6.45) is 4.86. The molecule has 1 heterocycles. The minimum absolute atomic E-state index is 0.246. The third-order valence-electron chi connectivity index (χ3n) is 1.45. The number of halogens is 1. The number of hydrogen-bond donors (Lipinski definition) is 1. The highest BCUT2D eigenvalue weighted by atomic mass is 19.1. The first-order chi connectivity index (χ1) is 5.33. The first-order valence-corrected chi connectivity index (χ1v) is 3.66. The summed E-state index contributed by atoms with van der Waals surface area (Å²) in [5.74, 6) is 0.519. The number of alkyl halides is 1. The Balaban J connectivity index is 2.27. The highest BCUT2D eigenvalue weighted by Gasteiger charge is 1.92. The van der Waals surface area contributed by atoms with E-state index in [0.29, 0.717) is 12.2 Å². The van der Waals surface area contributed by atoms with Crippen molar-refractivity contribution >= 4 is 5.82 Å². The Hall–Kier alpha value is -1.06. The molecule has 11 heavy (non-hydrogen) atoms. The van der Waals surface area contributed by atoms with Crippen LogP contribution in [0.15, 0.2) is 12.5 Å². The predicted molar refractivity (Wildman–Crippen MR) is 41.8 cm³/mol. The number of aromatic nitrogens is 2. The number of nitrogen functional groups attached to an aromatic ring is 1. The second-order valence-corrected chi connectivity index (χ2v) is 2.43. The van der Waals surface area contributed by atoms with Crippen LogP contribution >= 0.6 is 0 Å². The van der Waals surface area contributed by atoms with Crippen LogP contribution in [0.2, 0.25) is 0 Å². The molecule has 0 saturated carbocycles. The van der Waals surface area contributed by atoms with E-state index in [1.54, 1.807) is 12.5 Å². The van der Waals surface area contributed by atoms with E-state index in [9.17, 15) is 4.39 Å². The molecule has 3 nitrogen and oxygen atoms in total. The zero-order valence-corrected chi connectivity index (χ0v) is 6.33. The van der Waals surface area contributed by atoms with Crippen LogP contribution in [-0.2, 0) is 6.54 Å². The summed E-state index contributed by atoms with van der Waals surface area (Å²) in [7, 11) is 0. The predicted octanol–water partition coefficient (Wildman–Crippen LogP) is 1.22. The molecule has 0 aliphatic rings. The molecule has 1 aromatic rings. The molecule has 0 aliphatic carbocycles. The van der Waals surface area contributed by atoms with Crippen LogP contribution < -0.4 is 5.73 Å². The van der Waals surface area contributed by atoms with E-state index in [1.807, 2.05) is 4.57 Å². The lowest BCUT2D eigenvalue weighted by Crippen LogP contribution is -1.94. The fourth-order valence-corrected chi connectivity index (χ4v) is 0.889. The van der Waals surface area contributed by atoms with Crippen LogP contribution in [0.3, 0.4) is 0 Å². The van der Waals surface area contributed by atoms with Crippen LogP contribution in [0.4, 0.5) is 10.2 Å². The van der Waals surface area contributed by atoms with E-state index >= 15 is 0 Å². The molecular formula is C7H12FN3. The molecule has 0 saturated heterocycles. The maximum Gasteiger partial charge on any atom is 0.141 e. The average Bonchev–Trinajstić information content (AvgIpc) is 2.37. The highest BCUT2D eigenvalue weighted by molar-refractivity contribution is 5.22. The third kappa shape index (κ3) is 2.57. The minimum atomic E-state index is -0.246. The summed E-state index contributed by atoms with van der Waals surface area (Å²) in [4.78, 5) is 3.84. The van der Waals surface area contributed by atoms with Gasteiger partial charge in [-0.1, -0.05) is 0 Å². The Kier molecular flexibility index (Phi) is 2.89. The molecule has 62 valence electrons. The Morgan fingerprint density at radius 3 is 2.91 bits per heavy atom. The number of hydrogen-bond acceptors (Lipinski definition) is 2. The van der Waals surface area contributed by atoms with Gasteiger partial charge in [-0.15, -0.1) is 0 Å². The van der Waals surface area contributed by atoms with E-state index in [1.165, 1.54) is 0 Å². The quantitative estimate of drug-likeness (QED) is 0.668. The summed E-state index contributed by atoms with van der Waals surface area (Å²) in [5, 5.41) is 0. The van der Waals surface area contributed by atoms with Crippen molar-refractivity contribution in [3.05, 3.63) is 12.5 Å². The molecule has 1 rings (SSSR count). The van der Waals surface area contributed by atoms with E-state index in [-0.39, 0.29) is 6.67 Å². The molecule has 0 unspecified atom stereocenters. The maximum atomic E-state index is 11.7. The van der Waals surface area contributed by atoms with Crippen molar-refractivity contribution in [3.8, 4) is 0 Å². The van der Waals surface area contributed by atoms with Crippen molar-refractivity contribution in [1.29, 1.82) is 0 Å². The van der Waals surface area contributed by atoms with E-state index in [2.05, 4.69) is 4.98 Å². The number of imidazole rings is 1. The topological polar surface area (TPSA) is 43.8 Å². The van der Waals surface area contributed by atoms with Gasteiger partial charge in [0.25, 0.3) is 0 Å². The van der Waals surface area contributed by atoms with Crippen molar-refractivity contribution < 1.29 is 4.39 Å². The number of anilines is 1. The summed E-state index contributed by atoms with van der Waals surface area (Å²) in [6.45, 7) is 0.554. The van der Waals surface area contributed by atoms with Crippen molar-refractivity contribution in [2.75, 3.05) is 12.4 Å². The highest BCUT2D eigenvalue weighted by Crippen LogP contribution is 1.99. The van der Waals surface area contributed by atoms with Gasteiger partial charge in [0.1, 0.15) is 5.82 Å². The normalized spacial score (nSPS) is 10.3. The fraction of sp³-hybridized carbons (Fsp3) is 0.571. The zero-order chi connectivity index (χ0) is 8.10. The van der Waals surface area contributed by atoms with Gasteiger partial charge in [-0.2, -0.15) is 0 Å². The van der Waals surface area contributed by atoms with E-state index in [4.69, 9.17) is 5.73 Å². The van der Waals surface area contributed by atoms with Crippen LogP contribution in [0.5, 0.6) is 0 Å². The average molecular weight is 157 g/mol. The Labute approximate surface area is 65.0 Å². The number of aryl methyl sites for hydroxylation is 1. The van der Waals surface area contributed by atoms with Gasteiger partial charge in [-0.25, -0.2) is 4.98 Å². The van der Waals surface area contributed by atoms with Crippen molar-refractivity contribution in [2.45, 2.75) is 19.4 Å². The largest absolute Gasteiger partial charge is 0.382 e. The first-order valence-electron chi connectivity index (χ1n) is 3.66. The second-order valence-electron chi connectivity index (χ2n) is 2.43. The van der Waals surface area contributed by atoms with Gasteiger partial charge in [0.15, 0.2) is 0 Å². The molecule has 0 fully saturated rings. The Morgan fingerprint density at radius 1 is 1.55 bits per heavy atom. The number of unbranched alkanes of at least 4 members (excludes halogenated alkanes) is 1. The van der Waals surface area contributed by atoms with Crippen molar-refractivity contribution in [3.63, 3.8) is 0 Å². The molecule has 1 aromatic heterocycles. The third-order valence-corrected chi connectivity index (χ3v) is 1.45. The second kappa shape index (κ2) is 3.95. The van der Waals surface area contributed by atoms with Crippen LogP contribution in [0, 0.1) is 0 Å². The van der Waals surface area contributed by atoms with E-state index in [0.717, 1.165) is 13.0 Å². The minimum Gasteiger partial charge on any atom is -0.382 e. The fourth-order valence-electron chi connectivity index (χ4n) is 0.889. The molecule has 0 aliphatic heterocycles. The zero-order valence-electron chi connectivity index (χ0n) is 6.33. The molecule has 2 N–H and O–H groups in total. The first kappa shape index (κ1) is 8.04. The van der Waals surface area contributed by atoms with Gasteiger partial charge in [0.2, 0.25) is 0 Å². The lowest BCUT2D eigenvalue weighted by molar-refractivity contribution is 0.447. The number of rotatable bonds is 4. The summed E-state index contributed by atoms with van der Waals surface area (Å²) in [6, 6.07) is 0. The maximum absolute atomic E-state index is 11.7. The lowest BCUT2D eigenvalue weighted by atomic mass is 10.3. The van der Waals surface area contributed by atoms with Crippen LogP contribution in [-0.4, -0.2) is 16.2 Å². The Morgan fingerprint density at radius 2 is 2.36 bits per heavy atom. The molecule has 0 radical (unpaired) electrons. The van der Waals surface area contributed by atoms with E-state index < -0.39 is 0 Å². The molecule has 0 bridgehead atoms. The number of nitrogens with zero attached hydrogens (tertiary/aromatic N) is 2. The number of nitrogens with two attached hydrogens (primary N) is 1. The smallest absolute Gasteiger partial charge is 0.141 e. The van der Waals surface area contributed by atoms with Gasteiger partial charge >= 0.3 is 0 Å². The molecule has 4 heteroatoms. The van der Waals surface area contributed by atoms with Gasteiger partial charge in [-0.3, -0.25) is 4.39 Å².